The van der Waals surface area contributed by atoms with Crippen molar-refractivity contribution in [1.29, 1.82) is 0 Å². The van der Waals surface area contributed by atoms with Gasteiger partial charge in [0.1, 0.15) is 12.1 Å². The van der Waals surface area contributed by atoms with E-state index < -0.39 is 24.2 Å². The number of hydrogen-bond acceptors (Lipinski definition) is 7. The molecule has 1 aliphatic heterocycles. The van der Waals surface area contributed by atoms with E-state index >= 15 is 0 Å². The van der Waals surface area contributed by atoms with Gasteiger partial charge in [-0.1, -0.05) is 65.8 Å². The van der Waals surface area contributed by atoms with Gasteiger partial charge in [0.15, 0.2) is 0 Å². The molecule has 1 amide bonds. The van der Waals surface area contributed by atoms with Crippen molar-refractivity contribution in [2.45, 2.75) is 98.7 Å². The maximum Gasteiger partial charge on any atom is 0.240 e. The second kappa shape index (κ2) is 13.2. The second-order valence-corrected chi connectivity index (χ2v) is 15.6. The van der Waals surface area contributed by atoms with Crippen LogP contribution in [0.2, 0.25) is 0 Å². The van der Waals surface area contributed by atoms with E-state index in [1.165, 1.54) is 12.0 Å². The molecule has 3 saturated carbocycles. The third-order valence-electron chi connectivity index (χ3n) is 10.4. The Morgan fingerprint density at radius 1 is 1.19 bits per heavy atom. The molecule has 3 N–H and O–H groups in total. The van der Waals surface area contributed by atoms with Crippen LogP contribution >= 0.6 is 0 Å². The Hall–Kier alpha value is -1.55. The Kier molecular flexibility index (Phi) is 10.5. The van der Waals surface area contributed by atoms with Crippen molar-refractivity contribution in [3.63, 3.8) is 0 Å². The number of benzene rings is 1. The number of hydroxylamine groups is 2. The van der Waals surface area contributed by atoms with Crippen LogP contribution in [-0.2, 0) is 22.7 Å². The lowest BCUT2D eigenvalue weighted by Crippen LogP contribution is -2.62. The first-order chi connectivity index (χ1) is 19.6. The molecule has 1 saturated heterocycles. The number of likely N-dealkylation sites (N-methyl/N-ethyl adjacent to an activating group) is 1. The van der Waals surface area contributed by atoms with E-state index in [2.05, 4.69) is 95.0 Å². The maximum absolute atomic E-state index is 14.0. The van der Waals surface area contributed by atoms with Gasteiger partial charge in [0.2, 0.25) is 5.91 Å². The second-order valence-electron chi connectivity index (χ2n) is 15.6. The first-order valence-electron chi connectivity index (χ1n) is 16.1. The summed E-state index contributed by atoms with van der Waals surface area (Å²) in [4.78, 5) is 24.9. The fraction of sp³-hybridized carbons (Fsp3) is 0.794. The van der Waals surface area contributed by atoms with Gasteiger partial charge in [-0.2, -0.15) is 5.06 Å². The number of carbonyl (C=O) groups is 1. The number of fused-ring (bicyclic) bond motifs is 2. The number of aliphatic hydroxyl groups excluding tert-OH is 2. The van der Waals surface area contributed by atoms with E-state index in [9.17, 15) is 15.0 Å². The summed E-state index contributed by atoms with van der Waals surface area (Å²) in [6, 6.07) is 7.95. The SMILES string of the molecule is C[C@H](O)[C@@H]1[C@H](CO)ON(Cc2cccc(CN(CCN(C)C)CC(C)(C)C)c2)[C@@H]1C(=O)N[C@H]1CC2CC([C@@H]1C)C2(C)C. The number of amides is 1. The maximum atomic E-state index is 14.0. The molecule has 4 aliphatic rings. The van der Waals surface area contributed by atoms with Crippen molar-refractivity contribution in [2.75, 3.05) is 40.3 Å². The van der Waals surface area contributed by atoms with Crippen molar-refractivity contribution in [1.82, 2.24) is 20.2 Å². The van der Waals surface area contributed by atoms with Crippen LogP contribution in [-0.4, -0.2) is 95.6 Å². The van der Waals surface area contributed by atoms with Crippen LogP contribution in [0.4, 0.5) is 0 Å². The van der Waals surface area contributed by atoms with Crippen LogP contribution in [0.25, 0.3) is 0 Å². The topological polar surface area (TPSA) is 88.5 Å². The molecule has 0 spiro atoms. The Morgan fingerprint density at radius 3 is 2.45 bits per heavy atom. The van der Waals surface area contributed by atoms with Crippen molar-refractivity contribution >= 4 is 5.91 Å². The Bertz CT molecular complexity index is 1050. The molecule has 42 heavy (non-hydrogen) atoms. The minimum atomic E-state index is -0.798. The largest absolute Gasteiger partial charge is 0.394 e. The summed E-state index contributed by atoms with van der Waals surface area (Å²) in [6.07, 6.45) is 0.815. The monoisotopic (exact) mass is 586 g/mol. The zero-order chi connectivity index (χ0) is 31.0. The Morgan fingerprint density at radius 2 is 1.88 bits per heavy atom. The van der Waals surface area contributed by atoms with Crippen LogP contribution in [0.1, 0.15) is 72.4 Å². The highest BCUT2D eigenvalue weighted by Gasteiger charge is 2.57. The first kappa shape index (κ1) is 33.3. The summed E-state index contributed by atoms with van der Waals surface area (Å²) < 4.78 is 0. The molecule has 2 unspecified atom stereocenters. The molecule has 238 valence electrons. The highest BCUT2D eigenvalue weighted by atomic mass is 16.7. The lowest BCUT2D eigenvalue weighted by Gasteiger charge is -2.62. The average Bonchev–Trinajstić information content (AvgIpc) is 3.26. The number of rotatable bonds is 12. The number of nitrogens with zero attached hydrogens (tertiary/aromatic N) is 3. The van der Waals surface area contributed by atoms with Gasteiger partial charge in [0, 0.05) is 38.1 Å². The predicted molar refractivity (Wildman–Crippen MR) is 167 cm³/mol. The van der Waals surface area contributed by atoms with Crippen molar-refractivity contribution in [3.05, 3.63) is 35.4 Å². The standard InChI is InChI=1S/C34H58N4O4/c1-22-27-16-26(34(27,6)7)17-28(22)35-32(41)31-30(23(2)40)29(20-39)42-38(31)19-25-12-10-11-24(15-25)18-37(14-13-36(8)9)21-33(3,4)5/h10-12,15,22-23,26-31,39-40H,13-14,16-21H2,1-9H3,(H,35,41)/t22-,23-,26?,27?,28-,29-,30+,31-/m0/s1. The molecule has 0 radical (unpaired) electrons. The molecule has 2 bridgehead atoms. The number of hydrogen-bond donors (Lipinski definition) is 3. The zero-order valence-corrected chi connectivity index (χ0v) is 27.6. The van der Waals surface area contributed by atoms with Gasteiger partial charge in [0.25, 0.3) is 0 Å². The van der Waals surface area contributed by atoms with Gasteiger partial charge < -0.3 is 20.4 Å². The molecule has 8 heteroatoms. The molecule has 1 aromatic carbocycles. The van der Waals surface area contributed by atoms with E-state index in [1.54, 1.807) is 12.0 Å². The summed E-state index contributed by atoms with van der Waals surface area (Å²) in [5, 5.41) is 26.0. The summed E-state index contributed by atoms with van der Waals surface area (Å²) in [5.41, 5.74) is 2.80. The van der Waals surface area contributed by atoms with Crippen LogP contribution in [0, 0.1) is 34.5 Å². The molecular weight excluding hydrogens is 528 g/mol. The lowest BCUT2D eigenvalue weighted by atomic mass is 9.45. The number of carbonyl (C=O) groups excluding carboxylic acids is 1. The van der Waals surface area contributed by atoms with Gasteiger partial charge in [-0.25, -0.2) is 0 Å². The fourth-order valence-corrected chi connectivity index (χ4v) is 7.98. The Labute approximate surface area is 254 Å². The van der Waals surface area contributed by atoms with E-state index in [4.69, 9.17) is 4.84 Å². The van der Waals surface area contributed by atoms with E-state index in [1.807, 2.05) is 0 Å². The van der Waals surface area contributed by atoms with Gasteiger partial charge in [-0.15, -0.1) is 0 Å². The van der Waals surface area contributed by atoms with E-state index in [-0.39, 0.29) is 24.0 Å². The Balaban J connectivity index is 1.50. The van der Waals surface area contributed by atoms with Gasteiger partial charge in [-0.3, -0.25) is 14.5 Å². The average molecular weight is 587 g/mol. The third kappa shape index (κ3) is 7.56. The summed E-state index contributed by atoms with van der Waals surface area (Å²) in [6.45, 7) is 19.5. The molecule has 1 heterocycles. The van der Waals surface area contributed by atoms with Crippen molar-refractivity contribution in [3.8, 4) is 0 Å². The molecule has 3 aliphatic carbocycles. The number of nitrogens with one attached hydrogen (secondary N) is 1. The van der Waals surface area contributed by atoms with Crippen molar-refractivity contribution < 1.29 is 19.8 Å². The van der Waals surface area contributed by atoms with Crippen LogP contribution in [0.5, 0.6) is 0 Å². The van der Waals surface area contributed by atoms with E-state index in [0.29, 0.717) is 29.7 Å². The lowest BCUT2D eigenvalue weighted by molar-refractivity contribution is -0.183. The fourth-order valence-electron chi connectivity index (χ4n) is 7.98. The van der Waals surface area contributed by atoms with Gasteiger partial charge >= 0.3 is 0 Å². The highest BCUT2D eigenvalue weighted by Crippen LogP contribution is 2.61. The smallest absolute Gasteiger partial charge is 0.240 e. The molecule has 1 aromatic rings. The quantitative estimate of drug-likeness (QED) is 0.344. The minimum absolute atomic E-state index is 0.107. The molecule has 0 aromatic heterocycles. The highest BCUT2D eigenvalue weighted by molar-refractivity contribution is 5.82. The normalized spacial score (nSPS) is 31.8. The molecule has 5 rings (SSSR count). The van der Waals surface area contributed by atoms with Gasteiger partial charge in [-0.05, 0) is 73.6 Å². The first-order valence-corrected chi connectivity index (χ1v) is 16.1. The predicted octanol–water partition coefficient (Wildman–Crippen LogP) is 3.76. The molecule has 8 nitrogen and oxygen atoms in total. The zero-order valence-electron chi connectivity index (χ0n) is 27.6. The van der Waals surface area contributed by atoms with Crippen molar-refractivity contribution in [2.24, 2.45) is 34.5 Å². The molecular formula is C34H58N4O4. The van der Waals surface area contributed by atoms with E-state index in [0.717, 1.165) is 38.2 Å². The number of aliphatic hydroxyl groups is 2. The van der Waals surface area contributed by atoms with Crippen LogP contribution < -0.4 is 5.32 Å². The third-order valence-corrected chi connectivity index (χ3v) is 10.4. The summed E-state index contributed by atoms with van der Waals surface area (Å²) in [7, 11) is 4.22. The molecule has 8 atom stereocenters. The summed E-state index contributed by atoms with van der Waals surface area (Å²) >= 11 is 0. The van der Waals surface area contributed by atoms with Crippen LogP contribution in [0.3, 0.4) is 0 Å². The molecule has 4 fully saturated rings. The van der Waals surface area contributed by atoms with Gasteiger partial charge in [0.05, 0.1) is 19.3 Å². The minimum Gasteiger partial charge on any atom is -0.394 e. The summed E-state index contributed by atoms with van der Waals surface area (Å²) in [5.74, 6) is 1.04. The van der Waals surface area contributed by atoms with Crippen LogP contribution in [0.15, 0.2) is 24.3 Å².